The number of sulfonamides is 1. The molecule has 0 aromatic heterocycles. The summed E-state index contributed by atoms with van der Waals surface area (Å²) in [6.07, 6.45) is 2.82. The molecule has 0 aromatic rings. The molecule has 0 aliphatic carbocycles. The first-order valence-corrected chi connectivity index (χ1v) is 7.28. The Hall–Kier alpha value is -1.15. The molecule has 0 unspecified atom stereocenters. The number of aliphatic carboxylic acids is 1. The van der Waals surface area contributed by atoms with Crippen LogP contribution in [0.5, 0.6) is 0 Å². The van der Waals surface area contributed by atoms with Crippen LogP contribution in [0.4, 0.5) is 0 Å². The molecule has 106 valence electrons. The summed E-state index contributed by atoms with van der Waals surface area (Å²) < 4.78 is 29.1. The first kappa shape index (κ1) is 16.9. The minimum absolute atomic E-state index is 0.133. The molecule has 0 radical (unpaired) electrons. The number of methoxy groups -OCH3 is 1. The molecule has 7 nitrogen and oxygen atoms in total. The monoisotopic (exact) mass is 281 g/mol. The summed E-state index contributed by atoms with van der Waals surface area (Å²) in [6.45, 7) is 0.242. The average molecular weight is 281 g/mol. The molecule has 0 rings (SSSR count). The Morgan fingerprint density at radius 2 is 1.78 bits per heavy atom. The number of nitrogens with one attached hydrogen (secondary N) is 1. The van der Waals surface area contributed by atoms with Crippen LogP contribution in [-0.2, 0) is 24.3 Å². The van der Waals surface area contributed by atoms with Crippen LogP contribution < -0.4 is 4.72 Å². The van der Waals surface area contributed by atoms with Crippen molar-refractivity contribution in [1.82, 2.24) is 4.72 Å². The van der Waals surface area contributed by atoms with Crippen molar-refractivity contribution in [3.8, 4) is 0 Å². The maximum absolute atomic E-state index is 11.3. The first-order valence-electron chi connectivity index (χ1n) is 5.63. The van der Waals surface area contributed by atoms with Crippen molar-refractivity contribution in [2.45, 2.75) is 32.1 Å². The summed E-state index contributed by atoms with van der Waals surface area (Å²) in [7, 11) is -2.49. The summed E-state index contributed by atoms with van der Waals surface area (Å²) in [4.78, 5) is 21.0. The molecule has 0 saturated heterocycles. The number of carbonyl (C=O) groups excluding carboxylic acids is 1. The van der Waals surface area contributed by atoms with Gasteiger partial charge in [0.1, 0.15) is 0 Å². The molecule has 0 aliphatic rings. The summed E-state index contributed by atoms with van der Waals surface area (Å²) in [5, 5.41) is 8.39. The Bertz CT molecular complexity index is 365. The number of rotatable bonds is 10. The van der Waals surface area contributed by atoms with Crippen molar-refractivity contribution in [3.63, 3.8) is 0 Å². The van der Waals surface area contributed by atoms with E-state index < -0.39 is 27.7 Å². The van der Waals surface area contributed by atoms with Gasteiger partial charge in [0, 0.05) is 13.0 Å². The Morgan fingerprint density at radius 3 is 2.33 bits per heavy atom. The van der Waals surface area contributed by atoms with E-state index in [4.69, 9.17) is 5.11 Å². The molecule has 0 bridgehead atoms. The highest BCUT2D eigenvalue weighted by Gasteiger charge is 2.15. The molecule has 0 spiro atoms. The predicted molar refractivity (Wildman–Crippen MR) is 64.5 cm³/mol. The van der Waals surface area contributed by atoms with Gasteiger partial charge in [0.15, 0.2) is 5.75 Å². The van der Waals surface area contributed by atoms with Gasteiger partial charge in [-0.25, -0.2) is 13.1 Å². The molecule has 18 heavy (non-hydrogen) atoms. The molecule has 0 atom stereocenters. The molecular weight excluding hydrogens is 262 g/mol. The van der Waals surface area contributed by atoms with E-state index in [0.717, 1.165) is 20.0 Å². The zero-order valence-electron chi connectivity index (χ0n) is 10.3. The summed E-state index contributed by atoms with van der Waals surface area (Å²) >= 11 is 0. The average Bonchev–Trinajstić information content (AvgIpc) is 2.26. The lowest BCUT2D eigenvalue weighted by Gasteiger charge is -2.05. The quantitative estimate of drug-likeness (QED) is 0.434. The molecule has 0 amide bonds. The second-order valence-electron chi connectivity index (χ2n) is 3.79. The van der Waals surface area contributed by atoms with Crippen LogP contribution in [0.3, 0.4) is 0 Å². The van der Waals surface area contributed by atoms with Crippen molar-refractivity contribution >= 4 is 22.0 Å². The van der Waals surface area contributed by atoms with Crippen LogP contribution in [0.2, 0.25) is 0 Å². The maximum Gasteiger partial charge on any atom is 0.322 e. The van der Waals surface area contributed by atoms with Gasteiger partial charge in [0.25, 0.3) is 0 Å². The van der Waals surface area contributed by atoms with Crippen molar-refractivity contribution in [1.29, 1.82) is 0 Å². The largest absolute Gasteiger partial charge is 0.481 e. The van der Waals surface area contributed by atoms with Gasteiger partial charge in [-0.05, 0) is 12.8 Å². The van der Waals surface area contributed by atoms with Gasteiger partial charge in [-0.3, -0.25) is 9.59 Å². The highest BCUT2D eigenvalue weighted by atomic mass is 32.2. The molecule has 0 aliphatic heterocycles. The third-order valence-corrected chi connectivity index (χ3v) is 3.43. The highest BCUT2D eigenvalue weighted by Crippen LogP contribution is 2.02. The van der Waals surface area contributed by atoms with Gasteiger partial charge in [-0.2, -0.15) is 0 Å². The van der Waals surface area contributed by atoms with Crippen molar-refractivity contribution in [2.24, 2.45) is 0 Å². The number of ether oxygens (including phenoxy) is 1. The van der Waals surface area contributed by atoms with Gasteiger partial charge in [-0.1, -0.05) is 12.8 Å². The summed E-state index contributed by atoms with van der Waals surface area (Å²) in [5.74, 6) is -2.31. The van der Waals surface area contributed by atoms with E-state index in [9.17, 15) is 18.0 Å². The van der Waals surface area contributed by atoms with Crippen LogP contribution in [0.15, 0.2) is 0 Å². The van der Waals surface area contributed by atoms with Gasteiger partial charge in [0.05, 0.1) is 7.11 Å². The molecule has 0 saturated carbocycles. The third-order valence-electron chi connectivity index (χ3n) is 2.17. The molecular formula is C10H19NO6S. The van der Waals surface area contributed by atoms with E-state index in [0.29, 0.717) is 12.8 Å². The lowest BCUT2D eigenvalue weighted by molar-refractivity contribution is -0.138. The Labute approximate surface area is 107 Å². The SMILES string of the molecule is COC(=O)CS(=O)(=O)NCCCCCCC(=O)O. The predicted octanol–water partition coefficient (Wildman–Crippen LogP) is 0.114. The Kier molecular flexibility index (Phi) is 8.30. The lowest BCUT2D eigenvalue weighted by Crippen LogP contribution is -2.31. The van der Waals surface area contributed by atoms with Crippen LogP contribution in [0.25, 0.3) is 0 Å². The highest BCUT2D eigenvalue weighted by molar-refractivity contribution is 7.90. The van der Waals surface area contributed by atoms with Crippen LogP contribution in [0, 0.1) is 0 Å². The van der Waals surface area contributed by atoms with E-state index in [2.05, 4.69) is 9.46 Å². The Balaban J connectivity index is 3.59. The fourth-order valence-electron chi connectivity index (χ4n) is 1.25. The van der Waals surface area contributed by atoms with Gasteiger partial charge >= 0.3 is 11.9 Å². The zero-order valence-corrected chi connectivity index (χ0v) is 11.2. The van der Waals surface area contributed by atoms with Crippen LogP contribution in [-0.4, -0.2) is 44.9 Å². The number of carbonyl (C=O) groups is 2. The molecule has 8 heteroatoms. The number of unbranched alkanes of at least 4 members (excludes halogenated alkanes) is 3. The first-order chi connectivity index (χ1) is 8.37. The van der Waals surface area contributed by atoms with E-state index in [1.807, 2.05) is 0 Å². The smallest absolute Gasteiger partial charge is 0.322 e. The third kappa shape index (κ3) is 10.0. The van der Waals surface area contributed by atoms with Gasteiger partial charge in [-0.15, -0.1) is 0 Å². The molecule has 2 N–H and O–H groups in total. The number of hydrogen-bond acceptors (Lipinski definition) is 5. The van der Waals surface area contributed by atoms with Crippen LogP contribution in [0.1, 0.15) is 32.1 Å². The van der Waals surface area contributed by atoms with E-state index in [1.165, 1.54) is 0 Å². The lowest BCUT2D eigenvalue weighted by atomic mass is 10.1. The fraction of sp³-hybridized carbons (Fsp3) is 0.800. The van der Waals surface area contributed by atoms with Gasteiger partial charge < -0.3 is 9.84 Å². The zero-order chi connectivity index (χ0) is 14.0. The number of hydrogen-bond donors (Lipinski definition) is 2. The molecule has 0 aromatic carbocycles. The minimum atomic E-state index is -3.62. The normalized spacial score (nSPS) is 11.2. The maximum atomic E-state index is 11.3. The standard InChI is InChI=1S/C10H19NO6S/c1-17-10(14)8-18(15,16)11-7-5-3-2-4-6-9(12)13/h11H,2-8H2,1H3,(H,12,13). The van der Waals surface area contributed by atoms with Crippen molar-refractivity contribution < 1.29 is 27.9 Å². The number of carboxylic acid groups (broad SMARTS) is 1. The topological polar surface area (TPSA) is 110 Å². The molecule has 0 fully saturated rings. The summed E-state index contributed by atoms with van der Waals surface area (Å²) in [5.41, 5.74) is 0. The Morgan fingerprint density at radius 1 is 1.17 bits per heavy atom. The van der Waals surface area contributed by atoms with Crippen molar-refractivity contribution in [2.75, 3.05) is 19.4 Å². The van der Waals surface area contributed by atoms with E-state index >= 15 is 0 Å². The van der Waals surface area contributed by atoms with Gasteiger partial charge in [0.2, 0.25) is 10.0 Å². The second kappa shape index (κ2) is 8.87. The number of esters is 1. The van der Waals surface area contributed by atoms with Crippen molar-refractivity contribution in [3.05, 3.63) is 0 Å². The number of carboxylic acids is 1. The summed E-state index contributed by atoms with van der Waals surface area (Å²) in [6, 6.07) is 0. The fourth-order valence-corrected chi connectivity index (χ4v) is 2.23. The van der Waals surface area contributed by atoms with Crippen LogP contribution >= 0.6 is 0 Å². The van der Waals surface area contributed by atoms with E-state index in [-0.39, 0.29) is 13.0 Å². The minimum Gasteiger partial charge on any atom is -0.481 e. The van der Waals surface area contributed by atoms with E-state index in [1.54, 1.807) is 0 Å². The second-order valence-corrected chi connectivity index (χ2v) is 5.59. The molecule has 0 heterocycles.